The summed E-state index contributed by atoms with van der Waals surface area (Å²) in [5.41, 5.74) is -0.0303. The number of hydrogen-bond acceptors (Lipinski definition) is 3. The molecule has 0 unspecified atom stereocenters. The van der Waals surface area contributed by atoms with Gasteiger partial charge in [-0.25, -0.2) is 8.78 Å². The number of H-pyrrole nitrogens is 1. The number of benzene rings is 1. The summed E-state index contributed by atoms with van der Waals surface area (Å²) in [5, 5.41) is 0.886. The van der Waals surface area contributed by atoms with Crippen LogP contribution in [0.4, 0.5) is 8.78 Å². The lowest BCUT2D eigenvalue weighted by Crippen LogP contribution is -2.38. The molecule has 1 N–H and O–H groups in total. The fourth-order valence-electron chi connectivity index (χ4n) is 2.53. The Labute approximate surface area is 129 Å². The maximum atomic E-state index is 12.8. The highest BCUT2D eigenvalue weighted by atomic mass is 35.5. The van der Waals surface area contributed by atoms with Gasteiger partial charge in [0.1, 0.15) is 5.75 Å². The van der Waals surface area contributed by atoms with Crippen molar-refractivity contribution in [2.75, 3.05) is 6.61 Å². The predicted octanol–water partition coefficient (Wildman–Crippen LogP) is 3.42. The van der Waals surface area contributed by atoms with Gasteiger partial charge in [-0.15, -0.1) is 0 Å². The number of hydrogen-bond donors (Lipinski definition) is 1. The number of aldehydes is 1. The molecule has 0 spiro atoms. The van der Waals surface area contributed by atoms with Crippen LogP contribution in [0.5, 0.6) is 5.75 Å². The molecule has 3 rings (SSSR count). The largest absolute Gasteiger partial charge is 0.492 e. The summed E-state index contributed by atoms with van der Waals surface area (Å²) in [4.78, 5) is 24.9. The number of pyridine rings is 1. The van der Waals surface area contributed by atoms with E-state index in [4.69, 9.17) is 16.3 Å². The summed E-state index contributed by atoms with van der Waals surface area (Å²) < 4.78 is 31.0. The Morgan fingerprint density at radius 3 is 2.73 bits per heavy atom. The minimum atomic E-state index is -2.59. The quantitative estimate of drug-likeness (QED) is 0.875. The molecule has 0 saturated heterocycles. The second-order valence-electron chi connectivity index (χ2n) is 5.48. The van der Waals surface area contributed by atoms with Crippen molar-refractivity contribution in [2.24, 2.45) is 5.92 Å². The number of nitrogens with one attached hydrogen (secondary N) is 1. The van der Waals surface area contributed by atoms with Crippen molar-refractivity contribution in [2.45, 2.75) is 18.8 Å². The number of carbonyl (C=O) groups is 1. The highest BCUT2D eigenvalue weighted by Crippen LogP contribution is 2.42. The molecule has 0 aliphatic heterocycles. The van der Waals surface area contributed by atoms with Gasteiger partial charge in [0.25, 0.3) is 5.56 Å². The lowest BCUT2D eigenvalue weighted by Gasteiger charge is -2.34. The Balaban J connectivity index is 1.83. The molecule has 0 bridgehead atoms. The van der Waals surface area contributed by atoms with Crippen molar-refractivity contribution in [3.63, 3.8) is 0 Å². The molecule has 1 aliphatic carbocycles. The van der Waals surface area contributed by atoms with E-state index in [1.807, 2.05) is 0 Å². The first-order valence-corrected chi connectivity index (χ1v) is 7.08. The van der Waals surface area contributed by atoms with Crippen LogP contribution >= 0.6 is 11.6 Å². The third-order valence-electron chi connectivity index (χ3n) is 3.70. The van der Waals surface area contributed by atoms with Gasteiger partial charge in [-0.2, -0.15) is 0 Å². The Kier molecular flexibility index (Phi) is 3.64. The maximum Gasteiger partial charge on any atom is 0.259 e. The van der Waals surface area contributed by atoms with Crippen LogP contribution in [0.25, 0.3) is 10.9 Å². The predicted molar refractivity (Wildman–Crippen MR) is 78.1 cm³/mol. The molecule has 7 heteroatoms. The fourth-order valence-corrected chi connectivity index (χ4v) is 2.76. The van der Waals surface area contributed by atoms with E-state index >= 15 is 0 Å². The molecule has 1 saturated carbocycles. The molecule has 1 heterocycles. The molecule has 0 atom stereocenters. The van der Waals surface area contributed by atoms with E-state index in [9.17, 15) is 18.4 Å². The van der Waals surface area contributed by atoms with Crippen LogP contribution in [0.3, 0.4) is 0 Å². The highest BCUT2D eigenvalue weighted by molar-refractivity contribution is 6.32. The van der Waals surface area contributed by atoms with E-state index in [-0.39, 0.29) is 30.9 Å². The fraction of sp³-hybridized carbons (Fsp3) is 0.333. The Morgan fingerprint density at radius 2 is 2.09 bits per heavy atom. The van der Waals surface area contributed by atoms with Crippen LogP contribution in [-0.2, 0) is 0 Å². The molecule has 1 aromatic carbocycles. The van der Waals surface area contributed by atoms with E-state index < -0.39 is 11.5 Å². The Hall–Kier alpha value is -1.95. The van der Waals surface area contributed by atoms with E-state index in [2.05, 4.69) is 4.98 Å². The first-order valence-electron chi connectivity index (χ1n) is 6.70. The van der Waals surface area contributed by atoms with Gasteiger partial charge in [-0.1, -0.05) is 11.6 Å². The number of aromatic nitrogens is 1. The van der Waals surface area contributed by atoms with Crippen LogP contribution in [0.1, 0.15) is 23.2 Å². The Bertz CT molecular complexity index is 795. The van der Waals surface area contributed by atoms with Gasteiger partial charge in [0.15, 0.2) is 6.29 Å². The third-order valence-corrected chi connectivity index (χ3v) is 4.00. The van der Waals surface area contributed by atoms with Crippen LogP contribution in [0.2, 0.25) is 5.02 Å². The Morgan fingerprint density at radius 1 is 1.36 bits per heavy atom. The highest BCUT2D eigenvalue weighted by Gasteiger charge is 2.45. The minimum Gasteiger partial charge on any atom is -0.492 e. The molecule has 0 radical (unpaired) electrons. The molecular weight excluding hydrogens is 316 g/mol. The van der Waals surface area contributed by atoms with Gasteiger partial charge in [0, 0.05) is 30.2 Å². The monoisotopic (exact) mass is 327 g/mol. The summed E-state index contributed by atoms with van der Waals surface area (Å²) >= 11 is 6.09. The minimum absolute atomic E-state index is 0.00827. The molecule has 2 aromatic rings. The summed E-state index contributed by atoms with van der Waals surface area (Å²) in [5.74, 6) is -2.46. The molecular formula is C15H12ClF2NO3. The smallest absolute Gasteiger partial charge is 0.259 e. The number of fused-ring (bicyclic) bond motifs is 1. The molecule has 4 nitrogen and oxygen atoms in total. The van der Waals surface area contributed by atoms with Gasteiger partial charge in [-0.05, 0) is 12.1 Å². The van der Waals surface area contributed by atoms with Crippen LogP contribution in [0, 0.1) is 5.92 Å². The zero-order chi connectivity index (χ0) is 15.9. The van der Waals surface area contributed by atoms with Crippen molar-refractivity contribution in [3.8, 4) is 5.75 Å². The summed E-state index contributed by atoms with van der Waals surface area (Å²) in [7, 11) is 0. The molecule has 0 amide bonds. The average molecular weight is 328 g/mol. The number of ether oxygens (including phenoxy) is 1. The summed E-state index contributed by atoms with van der Waals surface area (Å²) in [6.07, 6.45) is 0.100. The van der Waals surface area contributed by atoms with Gasteiger partial charge in [0.05, 0.1) is 22.7 Å². The van der Waals surface area contributed by atoms with Crippen molar-refractivity contribution in [1.82, 2.24) is 4.98 Å². The number of rotatable bonds is 4. The second kappa shape index (κ2) is 5.35. The van der Waals surface area contributed by atoms with E-state index in [0.717, 1.165) is 0 Å². The van der Waals surface area contributed by atoms with Crippen LogP contribution in [0.15, 0.2) is 23.0 Å². The van der Waals surface area contributed by atoms with Crippen molar-refractivity contribution in [3.05, 3.63) is 39.1 Å². The van der Waals surface area contributed by atoms with Gasteiger partial charge in [-0.3, -0.25) is 9.59 Å². The lowest BCUT2D eigenvalue weighted by atomic mass is 9.82. The average Bonchev–Trinajstić information content (AvgIpc) is 2.42. The summed E-state index contributed by atoms with van der Waals surface area (Å²) in [6.45, 7) is 0.150. The van der Waals surface area contributed by atoms with Gasteiger partial charge >= 0.3 is 0 Å². The third kappa shape index (κ3) is 2.83. The standard InChI is InChI=1S/C15H12ClF2NO3/c16-11-2-9-1-10(6-20)14(21)19-12(9)3-13(11)22-7-8-4-15(17,18)5-8/h1-3,6,8H,4-5,7H2,(H,19,21). The van der Waals surface area contributed by atoms with E-state index in [1.165, 1.54) is 12.1 Å². The number of alkyl halides is 2. The summed E-state index contributed by atoms with van der Waals surface area (Å²) in [6, 6.07) is 4.53. The van der Waals surface area contributed by atoms with Gasteiger partial charge < -0.3 is 9.72 Å². The number of carbonyl (C=O) groups excluding carboxylic acids is 1. The van der Waals surface area contributed by atoms with Crippen molar-refractivity contribution < 1.29 is 18.3 Å². The van der Waals surface area contributed by atoms with Crippen molar-refractivity contribution >= 4 is 28.8 Å². The number of halogens is 3. The molecule has 1 aliphatic rings. The number of aromatic amines is 1. The molecule has 1 aromatic heterocycles. The first kappa shape index (κ1) is 15.0. The zero-order valence-electron chi connectivity index (χ0n) is 11.4. The first-order chi connectivity index (χ1) is 10.4. The van der Waals surface area contributed by atoms with Crippen molar-refractivity contribution in [1.29, 1.82) is 0 Å². The maximum absolute atomic E-state index is 12.8. The zero-order valence-corrected chi connectivity index (χ0v) is 12.1. The second-order valence-corrected chi connectivity index (χ2v) is 5.89. The molecule has 1 fully saturated rings. The molecule has 22 heavy (non-hydrogen) atoms. The molecule has 116 valence electrons. The normalized spacial score (nSPS) is 17.2. The van der Waals surface area contributed by atoms with Gasteiger partial charge in [0.2, 0.25) is 5.92 Å². The SMILES string of the molecule is O=Cc1cc2cc(Cl)c(OCC3CC(F)(F)C3)cc2[nH]c1=O. The van der Waals surface area contributed by atoms with E-state index in [0.29, 0.717) is 28.0 Å². The van der Waals surface area contributed by atoms with Crippen LogP contribution < -0.4 is 10.3 Å². The lowest BCUT2D eigenvalue weighted by molar-refractivity contribution is -0.119. The van der Waals surface area contributed by atoms with E-state index in [1.54, 1.807) is 6.07 Å². The topological polar surface area (TPSA) is 59.2 Å². The van der Waals surface area contributed by atoms with Crippen LogP contribution in [-0.4, -0.2) is 23.8 Å².